The number of amides is 1. The zero-order valence-corrected chi connectivity index (χ0v) is 17.9. The molecule has 2 aromatic heterocycles. The minimum absolute atomic E-state index is 0.0646. The molecule has 0 bridgehead atoms. The number of fused-ring (bicyclic) bond motifs is 1. The lowest BCUT2D eigenvalue weighted by Gasteiger charge is -2.38. The average molecular weight is 423 g/mol. The number of anilines is 3. The minimum Gasteiger partial charge on any atom is -0.350 e. The van der Waals surface area contributed by atoms with E-state index in [9.17, 15) is 9.18 Å². The highest BCUT2D eigenvalue weighted by Crippen LogP contribution is 2.33. The fourth-order valence-corrected chi connectivity index (χ4v) is 3.74. The summed E-state index contributed by atoms with van der Waals surface area (Å²) in [5, 5.41) is 7.60. The Hall–Kier alpha value is -3.49. The van der Waals surface area contributed by atoms with Crippen LogP contribution in [0.5, 0.6) is 0 Å². The summed E-state index contributed by atoms with van der Waals surface area (Å²) in [7, 11) is 3.67. The number of halogens is 1. The number of aromatic nitrogens is 4. The molecule has 1 aliphatic rings. The van der Waals surface area contributed by atoms with Crippen LogP contribution in [0, 0.1) is 5.82 Å². The van der Waals surface area contributed by atoms with E-state index in [4.69, 9.17) is 0 Å². The highest BCUT2D eigenvalue weighted by atomic mass is 19.1. The number of hydrogen-bond acceptors (Lipinski definition) is 6. The summed E-state index contributed by atoms with van der Waals surface area (Å²) < 4.78 is 14.9. The van der Waals surface area contributed by atoms with Crippen LogP contribution >= 0.6 is 0 Å². The molecular formula is C22H26FN7O. The Bertz CT molecular complexity index is 1070. The summed E-state index contributed by atoms with van der Waals surface area (Å²) in [4.78, 5) is 25.2. The highest BCUT2D eigenvalue weighted by Gasteiger charge is 2.35. The molecule has 3 aromatic rings. The van der Waals surface area contributed by atoms with Gasteiger partial charge in [-0.1, -0.05) is 25.5 Å². The van der Waals surface area contributed by atoms with Crippen molar-refractivity contribution in [1.82, 2.24) is 19.7 Å². The fourth-order valence-electron chi connectivity index (χ4n) is 3.74. The van der Waals surface area contributed by atoms with Gasteiger partial charge < -0.3 is 15.1 Å². The van der Waals surface area contributed by atoms with Crippen molar-refractivity contribution in [2.45, 2.75) is 38.9 Å². The van der Waals surface area contributed by atoms with Crippen molar-refractivity contribution in [3.63, 3.8) is 0 Å². The molecule has 0 aliphatic carbocycles. The normalized spacial score (nSPS) is 15.9. The molecule has 8 nitrogen and oxygen atoms in total. The van der Waals surface area contributed by atoms with E-state index in [1.807, 2.05) is 22.8 Å². The number of carbonyl (C=O) groups excluding carboxylic acids is 1. The third-order valence-corrected chi connectivity index (χ3v) is 5.49. The van der Waals surface area contributed by atoms with Gasteiger partial charge in [-0.3, -0.25) is 9.48 Å². The van der Waals surface area contributed by atoms with Crippen molar-refractivity contribution in [3.05, 3.63) is 59.8 Å². The lowest BCUT2D eigenvalue weighted by molar-refractivity contribution is -0.120. The summed E-state index contributed by atoms with van der Waals surface area (Å²) in [6.45, 7) is 3.15. The maximum atomic E-state index is 13.1. The van der Waals surface area contributed by atoms with Gasteiger partial charge in [-0.05, 0) is 24.1 Å². The van der Waals surface area contributed by atoms with E-state index < -0.39 is 0 Å². The highest BCUT2D eigenvalue weighted by molar-refractivity contribution is 6.04. The third kappa shape index (κ3) is 4.35. The molecule has 3 heterocycles. The number of benzene rings is 1. The van der Waals surface area contributed by atoms with Gasteiger partial charge in [0.15, 0.2) is 5.82 Å². The van der Waals surface area contributed by atoms with E-state index in [1.165, 1.54) is 12.1 Å². The third-order valence-electron chi connectivity index (χ3n) is 5.49. The molecule has 0 saturated heterocycles. The lowest BCUT2D eigenvalue weighted by Crippen LogP contribution is -2.51. The minimum atomic E-state index is -0.249. The molecule has 0 fully saturated rings. The van der Waals surface area contributed by atoms with E-state index in [1.54, 1.807) is 36.5 Å². The molecule has 1 aliphatic heterocycles. The quantitative estimate of drug-likeness (QED) is 0.629. The Kier molecular flexibility index (Phi) is 5.83. The molecule has 1 amide bonds. The summed E-state index contributed by atoms with van der Waals surface area (Å²) >= 11 is 0. The first kappa shape index (κ1) is 20.8. The molecule has 1 unspecified atom stereocenters. The van der Waals surface area contributed by atoms with Crippen LogP contribution in [-0.4, -0.2) is 45.8 Å². The lowest BCUT2D eigenvalue weighted by atomic mass is 10.1. The molecular weight excluding hydrogens is 397 g/mol. The zero-order valence-electron chi connectivity index (χ0n) is 17.9. The van der Waals surface area contributed by atoms with Crippen molar-refractivity contribution in [2.75, 3.05) is 29.2 Å². The first-order chi connectivity index (χ1) is 15.0. The number of rotatable bonds is 7. The largest absolute Gasteiger partial charge is 0.350 e. The summed E-state index contributed by atoms with van der Waals surface area (Å²) in [6, 6.07) is 6.18. The van der Waals surface area contributed by atoms with Crippen molar-refractivity contribution >= 4 is 23.4 Å². The van der Waals surface area contributed by atoms with E-state index in [2.05, 4.69) is 27.3 Å². The maximum absolute atomic E-state index is 13.1. The molecule has 0 spiro atoms. The van der Waals surface area contributed by atoms with E-state index >= 15 is 0 Å². The van der Waals surface area contributed by atoms with Crippen LogP contribution in [0.3, 0.4) is 0 Å². The van der Waals surface area contributed by atoms with Gasteiger partial charge in [0, 0.05) is 32.4 Å². The second kappa shape index (κ2) is 8.71. The fraction of sp³-hybridized carbons (Fsp3) is 0.364. The Morgan fingerprint density at radius 1 is 1.13 bits per heavy atom. The van der Waals surface area contributed by atoms with Crippen molar-refractivity contribution in [1.29, 1.82) is 0 Å². The molecule has 31 heavy (non-hydrogen) atoms. The summed E-state index contributed by atoms with van der Waals surface area (Å²) in [5.41, 5.74) is 2.66. The molecule has 4 rings (SSSR count). The Labute approximate surface area is 180 Å². The Morgan fingerprint density at radius 2 is 1.90 bits per heavy atom. The molecule has 1 atom stereocenters. The number of likely N-dealkylation sites (N-methyl/N-ethyl adjacent to an activating group) is 2. The smallest absolute Gasteiger partial charge is 0.249 e. The van der Waals surface area contributed by atoms with Gasteiger partial charge >= 0.3 is 0 Å². The summed E-state index contributed by atoms with van der Waals surface area (Å²) in [6.07, 6.45) is 7.09. The van der Waals surface area contributed by atoms with Gasteiger partial charge in [0.2, 0.25) is 11.9 Å². The van der Waals surface area contributed by atoms with Gasteiger partial charge in [-0.2, -0.15) is 10.1 Å². The Morgan fingerprint density at radius 3 is 2.65 bits per heavy atom. The Balaban J connectivity index is 1.44. The van der Waals surface area contributed by atoms with Gasteiger partial charge in [0.05, 0.1) is 18.9 Å². The maximum Gasteiger partial charge on any atom is 0.249 e. The first-order valence-corrected chi connectivity index (χ1v) is 10.3. The van der Waals surface area contributed by atoms with Gasteiger partial charge in [0.1, 0.15) is 17.5 Å². The van der Waals surface area contributed by atoms with Gasteiger partial charge in [0.25, 0.3) is 0 Å². The first-order valence-electron chi connectivity index (χ1n) is 10.3. The van der Waals surface area contributed by atoms with Gasteiger partial charge in [-0.15, -0.1) is 0 Å². The number of hydrogen-bond donors (Lipinski definition) is 1. The second-order valence-corrected chi connectivity index (χ2v) is 7.74. The van der Waals surface area contributed by atoms with Crippen molar-refractivity contribution in [2.24, 2.45) is 0 Å². The van der Waals surface area contributed by atoms with Crippen LogP contribution in [-0.2, 0) is 17.9 Å². The average Bonchev–Trinajstić information content (AvgIpc) is 3.22. The van der Waals surface area contributed by atoms with Crippen LogP contribution in [0.25, 0.3) is 0 Å². The molecule has 1 N–H and O–H groups in total. The van der Waals surface area contributed by atoms with Crippen LogP contribution in [0.1, 0.15) is 30.9 Å². The van der Waals surface area contributed by atoms with Crippen LogP contribution in [0.4, 0.5) is 21.8 Å². The second-order valence-electron chi connectivity index (χ2n) is 7.74. The van der Waals surface area contributed by atoms with Crippen molar-refractivity contribution < 1.29 is 9.18 Å². The number of nitrogens with zero attached hydrogens (tertiary/aromatic N) is 6. The summed E-state index contributed by atoms with van der Waals surface area (Å²) in [5.74, 6) is 1.05. The van der Waals surface area contributed by atoms with Crippen LogP contribution in [0.2, 0.25) is 0 Å². The molecule has 162 valence electrons. The van der Waals surface area contributed by atoms with E-state index in [-0.39, 0.29) is 17.8 Å². The topological polar surface area (TPSA) is 79.2 Å². The van der Waals surface area contributed by atoms with Crippen LogP contribution in [0.15, 0.2) is 42.9 Å². The van der Waals surface area contributed by atoms with E-state index in [0.717, 1.165) is 29.8 Å². The van der Waals surface area contributed by atoms with Gasteiger partial charge in [-0.25, -0.2) is 9.37 Å². The number of nitrogens with one attached hydrogen (secondary N) is 1. The molecule has 0 saturated carbocycles. The molecule has 9 heteroatoms. The predicted molar refractivity (Wildman–Crippen MR) is 118 cm³/mol. The standard InChI is InChI=1S/C22H26FN7O/c1-4-5-18-21(31)29(3)19-12-25-22(27-20(19)28(18)2)24-10-16-11-26-30(14-16)13-15-6-8-17(23)9-7-15/h6-9,11-12,14,18H,4-5,10,13H2,1-3H3,(H,24,25,27). The SMILES string of the molecule is CCCC1C(=O)N(C)c2cnc(NCc3cnn(Cc4ccc(F)cc4)c3)nc2N1C. The van der Waals surface area contributed by atoms with Crippen molar-refractivity contribution in [3.8, 4) is 0 Å². The zero-order chi connectivity index (χ0) is 22.0. The predicted octanol–water partition coefficient (Wildman–Crippen LogP) is 3.05. The van der Waals surface area contributed by atoms with Crippen LogP contribution < -0.4 is 15.1 Å². The monoisotopic (exact) mass is 423 g/mol. The molecule has 1 aromatic carbocycles. The number of carbonyl (C=O) groups is 1. The molecule has 0 radical (unpaired) electrons. The van der Waals surface area contributed by atoms with E-state index in [0.29, 0.717) is 24.7 Å².